The van der Waals surface area contributed by atoms with E-state index in [2.05, 4.69) is 5.32 Å². The van der Waals surface area contributed by atoms with Crippen molar-refractivity contribution >= 4 is 101 Å². The maximum Gasteiger partial charge on any atom is 0.524 e. The number of unbranched alkanes of at least 4 members (excludes halogenated alkanes) is 2. The SMILES string of the molecule is O=C(CCCCCN1C(=O)C=CC1=O)NCCn1c(C(=O)N2C[C@@H](CCl)c3c2cc(OP(=O)(O)O)c2ccccc32)ccc1C(=O)N1C[C@@H](CCl)c2c1cc(OP(=O)(O)O)c1ccccc21. The number of nitrogens with one attached hydrogen (secondary N) is 1. The van der Waals surface area contributed by atoms with E-state index in [9.17, 15) is 52.7 Å². The quantitative estimate of drug-likeness (QED) is 0.0297. The van der Waals surface area contributed by atoms with E-state index in [-0.39, 0.29) is 91.5 Å². The fourth-order valence-electron chi connectivity index (χ4n) is 9.01. The molecule has 0 unspecified atom stereocenters. The third-order valence-electron chi connectivity index (χ3n) is 11.8. The lowest BCUT2D eigenvalue weighted by atomic mass is 9.95. The second-order valence-corrected chi connectivity index (χ2v) is 18.9. The lowest BCUT2D eigenvalue weighted by Gasteiger charge is -2.23. The van der Waals surface area contributed by atoms with E-state index in [4.69, 9.17) is 32.2 Å². The van der Waals surface area contributed by atoms with Crippen molar-refractivity contribution in [2.45, 2.75) is 44.1 Å². The standard InChI is InChI=1S/C44H43Cl2N5O13P2/c45-22-26-24-50(34-20-36(63-65(57,58)59)28-8-3-5-10-30(28)41(26)34)43(55)32-13-14-33(48(32)19-17-47-38(52)12-2-1-7-18-49-39(53)15-16-40(49)54)44(56)51-25-27(23-46)42-31-11-6-4-9-29(31)37(21-35(42)51)64-66(60,61)62/h3-6,8-11,13-16,20-21,26-27H,1-2,7,12,17-19,22-25H2,(H,47,52)(H2,57,58,59)(H2,60,61,62)/t26-,27-/m1/s1. The number of aromatic nitrogens is 1. The van der Waals surface area contributed by atoms with Crippen LogP contribution in [0.3, 0.4) is 0 Å². The van der Waals surface area contributed by atoms with Crippen LogP contribution in [0.2, 0.25) is 0 Å². The van der Waals surface area contributed by atoms with Gasteiger partial charge in [0.2, 0.25) is 5.91 Å². The lowest BCUT2D eigenvalue weighted by molar-refractivity contribution is -0.137. The molecular formula is C44H43Cl2N5O13P2. The van der Waals surface area contributed by atoms with Gasteiger partial charge in [0.05, 0.1) is 11.4 Å². The van der Waals surface area contributed by atoms with Gasteiger partial charge in [-0.2, -0.15) is 0 Å². The van der Waals surface area contributed by atoms with Crippen LogP contribution in [0.25, 0.3) is 21.5 Å². The van der Waals surface area contributed by atoms with E-state index in [1.807, 2.05) is 0 Å². The Morgan fingerprint density at radius 2 is 1.11 bits per heavy atom. The predicted octanol–water partition coefficient (Wildman–Crippen LogP) is 6.30. The number of halogens is 2. The van der Waals surface area contributed by atoms with Gasteiger partial charge in [0.15, 0.2) is 0 Å². The van der Waals surface area contributed by atoms with Gasteiger partial charge in [0.25, 0.3) is 23.6 Å². The van der Waals surface area contributed by atoms with Gasteiger partial charge in [-0.3, -0.25) is 48.4 Å². The van der Waals surface area contributed by atoms with Gasteiger partial charge in [0, 0.05) is 97.8 Å². The molecule has 8 rings (SSSR count). The summed E-state index contributed by atoms with van der Waals surface area (Å²) in [5.74, 6) is -3.24. The fraction of sp³-hybridized carbons (Fsp3) is 0.295. The summed E-state index contributed by atoms with van der Waals surface area (Å²) in [6, 6.07) is 19.3. The molecule has 18 nitrogen and oxygen atoms in total. The van der Waals surface area contributed by atoms with Crippen LogP contribution in [0.4, 0.5) is 11.4 Å². The van der Waals surface area contributed by atoms with Crippen LogP contribution in [-0.4, -0.2) is 96.5 Å². The summed E-state index contributed by atoms with van der Waals surface area (Å²) in [5.41, 5.74) is 1.95. The van der Waals surface area contributed by atoms with E-state index in [0.29, 0.717) is 63.3 Å². The van der Waals surface area contributed by atoms with Crippen molar-refractivity contribution in [1.82, 2.24) is 14.8 Å². The van der Waals surface area contributed by atoms with Crippen LogP contribution in [-0.2, 0) is 30.1 Å². The summed E-state index contributed by atoms with van der Waals surface area (Å²) >= 11 is 13.0. The number of rotatable bonds is 17. The Bertz CT molecular complexity index is 2760. The Morgan fingerprint density at radius 1 is 0.652 bits per heavy atom. The first-order chi connectivity index (χ1) is 31.5. The zero-order chi connectivity index (χ0) is 47.1. The van der Waals surface area contributed by atoms with E-state index in [1.54, 1.807) is 48.5 Å². The third kappa shape index (κ3) is 9.51. The molecule has 4 heterocycles. The van der Waals surface area contributed by atoms with E-state index >= 15 is 0 Å². The van der Waals surface area contributed by atoms with E-state index in [0.717, 1.165) is 4.90 Å². The average Bonchev–Trinajstić information content (AvgIpc) is 4.05. The summed E-state index contributed by atoms with van der Waals surface area (Å²) in [5, 5.41) is 4.78. The molecular weight excluding hydrogens is 939 g/mol. The molecule has 0 saturated carbocycles. The molecule has 0 bridgehead atoms. The minimum absolute atomic E-state index is 0.0252. The molecule has 3 aliphatic rings. The lowest BCUT2D eigenvalue weighted by Crippen LogP contribution is -2.36. The molecule has 22 heteroatoms. The third-order valence-corrected chi connectivity index (χ3v) is 13.4. The van der Waals surface area contributed by atoms with Gasteiger partial charge in [-0.1, -0.05) is 55.0 Å². The summed E-state index contributed by atoms with van der Waals surface area (Å²) in [7, 11) is -10.1. The molecule has 0 aliphatic carbocycles. The summed E-state index contributed by atoms with van der Waals surface area (Å²) in [6.45, 7) is 0.246. The van der Waals surface area contributed by atoms with Crippen molar-refractivity contribution in [2.75, 3.05) is 47.7 Å². The first kappa shape index (κ1) is 47.0. The van der Waals surface area contributed by atoms with Crippen LogP contribution >= 0.6 is 38.8 Å². The molecule has 4 aromatic carbocycles. The zero-order valence-electron chi connectivity index (χ0n) is 34.9. The molecule has 1 aromatic heterocycles. The highest BCUT2D eigenvalue weighted by Crippen LogP contribution is 2.51. The molecule has 0 saturated heterocycles. The van der Waals surface area contributed by atoms with Gasteiger partial charge < -0.3 is 28.7 Å². The average molecular weight is 983 g/mol. The molecule has 5 aromatic rings. The molecule has 0 fully saturated rings. The van der Waals surface area contributed by atoms with Crippen LogP contribution in [0, 0.1) is 0 Å². The highest BCUT2D eigenvalue weighted by atomic mass is 35.5. The second kappa shape index (κ2) is 19.0. The molecule has 5 amide bonds. The van der Waals surface area contributed by atoms with Crippen LogP contribution in [0.1, 0.15) is 69.6 Å². The number of alkyl halides is 2. The minimum Gasteiger partial charge on any atom is -0.404 e. The number of carbonyl (C=O) groups is 5. The summed E-state index contributed by atoms with van der Waals surface area (Å²) in [6.07, 6.45) is 4.08. The highest BCUT2D eigenvalue weighted by Gasteiger charge is 2.40. The number of fused-ring (bicyclic) bond motifs is 6. The first-order valence-electron chi connectivity index (χ1n) is 20.8. The number of nitrogens with zero attached hydrogens (tertiary/aromatic N) is 4. The Balaban J connectivity index is 1.12. The van der Waals surface area contributed by atoms with Crippen molar-refractivity contribution < 1.29 is 61.7 Å². The smallest absolute Gasteiger partial charge is 0.404 e. The number of hydrogen-bond acceptors (Lipinski definition) is 9. The maximum absolute atomic E-state index is 14.9. The van der Waals surface area contributed by atoms with Gasteiger partial charge >= 0.3 is 15.6 Å². The number of phosphoric acid groups is 2. The number of hydrogen-bond donors (Lipinski definition) is 5. The van der Waals surface area contributed by atoms with Crippen LogP contribution < -0.4 is 24.2 Å². The molecule has 346 valence electrons. The zero-order valence-corrected chi connectivity index (χ0v) is 38.2. The maximum atomic E-state index is 14.9. The monoisotopic (exact) mass is 981 g/mol. The normalized spacial score (nSPS) is 17.0. The number of phosphoric ester groups is 2. The number of imide groups is 1. The molecule has 2 atom stereocenters. The Morgan fingerprint density at radius 3 is 1.55 bits per heavy atom. The van der Waals surface area contributed by atoms with Crippen LogP contribution in [0.15, 0.2) is 84.9 Å². The van der Waals surface area contributed by atoms with E-state index < -0.39 is 39.3 Å². The predicted molar refractivity (Wildman–Crippen MR) is 245 cm³/mol. The molecule has 3 aliphatic heterocycles. The Kier molecular flexibility index (Phi) is 13.5. The summed E-state index contributed by atoms with van der Waals surface area (Å²) in [4.78, 5) is 110. The van der Waals surface area contributed by atoms with Gasteiger partial charge in [-0.15, -0.1) is 23.2 Å². The highest BCUT2D eigenvalue weighted by molar-refractivity contribution is 7.47. The minimum atomic E-state index is -5.06. The molecule has 0 spiro atoms. The number of carbonyl (C=O) groups excluding carboxylic acids is 5. The molecule has 0 radical (unpaired) electrons. The van der Waals surface area contributed by atoms with Crippen molar-refractivity contribution in [3.63, 3.8) is 0 Å². The first-order valence-corrected chi connectivity index (χ1v) is 25.0. The Labute approximate surface area is 387 Å². The molecule has 66 heavy (non-hydrogen) atoms. The number of benzene rings is 4. The number of anilines is 2. The van der Waals surface area contributed by atoms with E-state index in [1.165, 1.54) is 50.8 Å². The van der Waals surface area contributed by atoms with Crippen molar-refractivity contribution in [3.05, 3.63) is 107 Å². The van der Waals surface area contributed by atoms with Crippen LogP contribution in [0.5, 0.6) is 11.5 Å². The van der Waals surface area contributed by atoms with Gasteiger partial charge in [0.1, 0.15) is 22.9 Å². The molecule has 5 N–H and O–H groups in total. The van der Waals surface area contributed by atoms with Crippen molar-refractivity contribution in [2.24, 2.45) is 0 Å². The largest absolute Gasteiger partial charge is 0.524 e. The summed E-state index contributed by atoms with van der Waals surface area (Å²) < 4.78 is 35.9. The second-order valence-electron chi connectivity index (χ2n) is 16.0. The topological polar surface area (TPSA) is 246 Å². The van der Waals surface area contributed by atoms with Crippen molar-refractivity contribution in [3.8, 4) is 11.5 Å². The van der Waals surface area contributed by atoms with Crippen molar-refractivity contribution in [1.29, 1.82) is 0 Å². The fourth-order valence-corrected chi connectivity index (χ4v) is 10.3. The number of amides is 5. The van der Waals surface area contributed by atoms with Gasteiger partial charge in [-0.25, -0.2) is 9.13 Å². The Hall–Kier alpha value is -5.55. The van der Waals surface area contributed by atoms with Gasteiger partial charge in [-0.05, 0) is 46.9 Å².